The molecule has 0 fully saturated rings. The minimum Gasteiger partial charge on any atom is -0.489 e. The van der Waals surface area contributed by atoms with Gasteiger partial charge in [-0.2, -0.15) is 0 Å². The summed E-state index contributed by atoms with van der Waals surface area (Å²) in [5, 5.41) is 15.6. The van der Waals surface area contributed by atoms with Crippen LogP contribution in [0.3, 0.4) is 0 Å². The zero-order chi connectivity index (χ0) is 17.4. The molecule has 6 heteroatoms. The van der Waals surface area contributed by atoms with Gasteiger partial charge in [-0.3, -0.25) is 10.1 Å². The van der Waals surface area contributed by atoms with Gasteiger partial charge in [-0.05, 0) is 35.4 Å². The van der Waals surface area contributed by atoms with Gasteiger partial charge in [0.1, 0.15) is 12.4 Å². The SMILES string of the molecule is CCC(=O)NC(O)NCc1ccc(OCc2ccc(Cl)cc2)cc1. The first-order valence-corrected chi connectivity index (χ1v) is 8.11. The topological polar surface area (TPSA) is 70.6 Å². The highest BCUT2D eigenvalue weighted by Crippen LogP contribution is 2.15. The van der Waals surface area contributed by atoms with Crippen LogP contribution in [0.25, 0.3) is 0 Å². The van der Waals surface area contributed by atoms with Crippen molar-refractivity contribution in [2.45, 2.75) is 32.8 Å². The van der Waals surface area contributed by atoms with Crippen LogP contribution in [-0.2, 0) is 17.9 Å². The maximum atomic E-state index is 11.2. The molecule has 5 nitrogen and oxygen atoms in total. The molecular weight excluding hydrogens is 328 g/mol. The molecule has 0 spiro atoms. The van der Waals surface area contributed by atoms with Crippen molar-refractivity contribution in [3.8, 4) is 5.75 Å². The minimum absolute atomic E-state index is 0.207. The van der Waals surface area contributed by atoms with E-state index in [1.807, 2.05) is 48.5 Å². The van der Waals surface area contributed by atoms with Gasteiger partial charge in [-0.15, -0.1) is 0 Å². The fourth-order valence-electron chi connectivity index (χ4n) is 1.97. The predicted octanol–water partition coefficient (Wildman–Crippen LogP) is 2.81. The third kappa shape index (κ3) is 6.20. The maximum Gasteiger partial charge on any atom is 0.222 e. The number of hydrogen-bond donors (Lipinski definition) is 3. The van der Waals surface area contributed by atoms with Gasteiger partial charge in [0.2, 0.25) is 5.91 Å². The van der Waals surface area contributed by atoms with Crippen LogP contribution in [0.15, 0.2) is 48.5 Å². The summed E-state index contributed by atoms with van der Waals surface area (Å²) in [6.07, 6.45) is -0.725. The number of ether oxygens (including phenoxy) is 1. The number of hydrogen-bond acceptors (Lipinski definition) is 4. The van der Waals surface area contributed by atoms with Gasteiger partial charge in [0.25, 0.3) is 0 Å². The fraction of sp³-hybridized carbons (Fsp3) is 0.278. The Morgan fingerprint density at radius 1 is 1.12 bits per heavy atom. The lowest BCUT2D eigenvalue weighted by Gasteiger charge is -2.14. The Morgan fingerprint density at radius 3 is 2.38 bits per heavy atom. The van der Waals surface area contributed by atoms with E-state index in [2.05, 4.69) is 10.6 Å². The van der Waals surface area contributed by atoms with E-state index in [-0.39, 0.29) is 5.91 Å². The van der Waals surface area contributed by atoms with Gasteiger partial charge in [-0.1, -0.05) is 42.8 Å². The van der Waals surface area contributed by atoms with Gasteiger partial charge in [0, 0.05) is 18.0 Å². The molecule has 0 heterocycles. The molecule has 0 aliphatic heterocycles. The molecule has 3 N–H and O–H groups in total. The van der Waals surface area contributed by atoms with E-state index in [1.165, 1.54) is 0 Å². The molecule has 0 aromatic heterocycles. The molecule has 2 rings (SSSR count). The average Bonchev–Trinajstić information content (AvgIpc) is 2.60. The van der Waals surface area contributed by atoms with E-state index in [1.54, 1.807) is 6.92 Å². The monoisotopic (exact) mass is 348 g/mol. The van der Waals surface area contributed by atoms with Crippen LogP contribution >= 0.6 is 11.6 Å². The molecule has 0 aliphatic carbocycles. The molecule has 1 unspecified atom stereocenters. The Labute approximate surface area is 146 Å². The lowest BCUT2D eigenvalue weighted by molar-refractivity contribution is -0.124. The minimum atomic E-state index is -1.06. The molecular formula is C18H21ClN2O3. The summed E-state index contributed by atoms with van der Waals surface area (Å²) in [4.78, 5) is 11.2. The van der Waals surface area contributed by atoms with Crippen molar-refractivity contribution in [2.75, 3.05) is 0 Å². The highest BCUT2D eigenvalue weighted by atomic mass is 35.5. The molecule has 2 aromatic rings. The molecule has 0 bridgehead atoms. The highest BCUT2D eigenvalue weighted by Gasteiger charge is 2.06. The Morgan fingerprint density at radius 2 is 1.75 bits per heavy atom. The van der Waals surface area contributed by atoms with Crippen molar-refractivity contribution in [1.29, 1.82) is 0 Å². The van der Waals surface area contributed by atoms with Crippen molar-refractivity contribution in [3.05, 3.63) is 64.7 Å². The number of aliphatic hydroxyl groups excluding tert-OH is 1. The third-order valence-corrected chi connectivity index (χ3v) is 3.61. The first-order chi connectivity index (χ1) is 11.6. The second kappa shape index (κ2) is 9.27. The Bertz CT molecular complexity index is 644. The van der Waals surface area contributed by atoms with Crippen molar-refractivity contribution >= 4 is 17.5 Å². The van der Waals surface area contributed by atoms with Crippen molar-refractivity contribution in [3.63, 3.8) is 0 Å². The van der Waals surface area contributed by atoms with Gasteiger partial charge >= 0.3 is 0 Å². The fourth-order valence-corrected chi connectivity index (χ4v) is 2.10. The van der Waals surface area contributed by atoms with Gasteiger partial charge < -0.3 is 15.2 Å². The van der Waals surface area contributed by atoms with Crippen LogP contribution in [0, 0.1) is 0 Å². The Balaban J connectivity index is 1.78. The van der Waals surface area contributed by atoms with Crippen LogP contribution in [0.5, 0.6) is 5.75 Å². The molecule has 1 atom stereocenters. The molecule has 24 heavy (non-hydrogen) atoms. The maximum absolute atomic E-state index is 11.2. The summed E-state index contributed by atoms with van der Waals surface area (Å²) in [5.41, 5.74) is 2.01. The number of carbonyl (C=O) groups excluding carboxylic acids is 1. The summed E-state index contributed by atoms with van der Waals surface area (Å²) in [6, 6.07) is 15.0. The number of rotatable bonds is 8. The molecule has 0 radical (unpaired) electrons. The Hall–Kier alpha value is -2.08. The molecule has 2 aromatic carbocycles. The largest absolute Gasteiger partial charge is 0.489 e. The van der Waals surface area contributed by atoms with Gasteiger partial charge in [0.15, 0.2) is 6.35 Å². The first kappa shape index (κ1) is 18.3. The van der Waals surface area contributed by atoms with E-state index in [0.717, 1.165) is 16.9 Å². The quantitative estimate of drug-likeness (QED) is 0.641. The van der Waals surface area contributed by atoms with Crippen LogP contribution < -0.4 is 15.4 Å². The van der Waals surface area contributed by atoms with E-state index in [4.69, 9.17) is 16.3 Å². The van der Waals surface area contributed by atoms with Crippen molar-refractivity contribution in [2.24, 2.45) is 0 Å². The second-order valence-electron chi connectivity index (χ2n) is 5.26. The van der Waals surface area contributed by atoms with Crippen LogP contribution in [0.4, 0.5) is 0 Å². The van der Waals surface area contributed by atoms with Gasteiger partial charge in [-0.25, -0.2) is 0 Å². The normalized spacial score (nSPS) is 11.8. The molecule has 128 valence electrons. The van der Waals surface area contributed by atoms with E-state index in [0.29, 0.717) is 24.6 Å². The smallest absolute Gasteiger partial charge is 0.222 e. The zero-order valence-corrected chi connectivity index (χ0v) is 14.2. The molecule has 0 saturated heterocycles. The van der Waals surface area contributed by atoms with Crippen molar-refractivity contribution < 1.29 is 14.6 Å². The second-order valence-corrected chi connectivity index (χ2v) is 5.70. The van der Waals surface area contributed by atoms with E-state index in [9.17, 15) is 9.90 Å². The van der Waals surface area contributed by atoms with E-state index < -0.39 is 6.35 Å². The number of halogens is 1. The van der Waals surface area contributed by atoms with Crippen LogP contribution in [0.1, 0.15) is 24.5 Å². The molecule has 0 aliphatic rings. The summed E-state index contributed by atoms with van der Waals surface area (Å²) < 4.78 is 5.71. The summed E-state index contributed by atoms with van der Waals surface area (Å²) in [6.45, 7) is 2.63. The average molecular weight is 349 g/mol. The predicted molar refractivity (Wildman–Crippen MR) is 93.5 cm³/mol. The lowest BCUT2D eigenvalue weighted by atomic mass is 10.2. The number of nitrogens with one attached hydrogen (secondary N) is 2. The van der Waals surface area contributed by atoms with Gasteiger partial charge in [0.05, 0.1) is 0 Å². The Kier molecular flexibility index (Phi) is 7.06. The van der Waals surface area contributed by atoms with Crippen LogP contribution in [-0.4, -0.2) is 17.4 Å². The summed E-state index contributed by atoms with van der Waals surface area (Å²) in [7, 11) is 0. The molecule has 1 amide bonds. The number of carbonyl (C=O) groups is 1. The van der Waals surface area contributed by atoms with Crippen molar-refractivity contribution in [1.82, 2.24) is 10.6 Å². The standard InChI is InChI=1S/C18H21ClN2O3/c1-2-17(22)21-18(23)20-11-13-5-9-16(10-6-13)24-12-14-3-7-15(19)8-4-14/h3-10,18,20,23H,2,11-12H2,1H3,(H,21,22). The van der Waals surface area contributed by atoms with Crippen LogP contribution in [0.2, 0.25) is 5.02 Å². The summed E-state index contributed by atoms with van der Waals surface area (Å²) >= 11 is 5.85. The first-order valence-electron chi connectivity index (χ1n) is 7.74. The third-order valence-electron chi connectivity index (χ3n) is 3.36. The number of aliphatic hydroxyl groups is 1. The summed E-state index contributed by atoms with van der Waals surface area (Å²) in [5.74, 6) is 0.550. The number of benzene rings is 2. The van der Waals surface area contributed by atoms with E-state index >= 15 is 0 Å². The molecule has 0 saturated carbocycles. The lowest BCUT2D eigenvalue weighted by Crippen LogP contribution is -2.44. The zero-order valence-electron chi connectivity index (χ0n) is 13.5. The number of amides is 1. The highest BCUT2D eigenvalue weighted by molar-refractivity contribution is 6.30.